The summed E-state index contributed by atoms with van der Waals surface area (Å²) in [5, 5.41) is 2.92. The third kappa shape index (κ3) is 3.38. The highest BCUT2D eigenvalue weighted by atomic mass is 16.2. The fourth-order valence-corrected chi connectivity index (χ4v) is 1.99. The van der Waals surface area contributed by atoms with Crippen molar-refractivity contribution < 1.29 is 4.79 Å². The van der Waals surface area contributed by atoms with E-state index in [0.717, 1.165) is 39.1 Å². The van der Waals surface area contributed by atoms with E-state index in [1.54, 1.807) is 0 Å². The van der Waals surface area contributed by atoms with Gasteiger partial charge in [0.2, 0.25) is 0 Å². The Kier molecular flexibility index (Phi) is 4.88. The molecule has 15 heavy (non-hydrogen) atoms. The summed E-state index contributed by atoms with van der Waals surface area (Å²) in [4.78, 5) is 16.0. The molecular weight excluding hydrogens is 190 g/mol. The van der Waals surface area contributed by atoms with E-state index in [-0.39, 0.29) is 6.03 Å². The molecule has 1 atom stereocenters. The standard InChI is InChI=1S/C11H23N3O/c1-4-6-12-11(15)14-8-7-13(5-2)10(3)9-14/h10H,4-9H2,1-3H3,(H,12,15). The van der Waals surface area contributed by atoms with Crippen LogP contribution >= 0.6 is 0 Å². The van der Waals surface area contributed by atoms with Gasteiger partial charge in [0.15, 0.2) is 0 Å². The Morgan fingerprint density at radius 2 is 2.13 bits per heavy atom. The fourth-order valence-electron chi connectivity index (χ4n) is 1.99. The second kappa shape index (κ2) is 5.95. The Hall–Kier alpha value is -0.770. The number of rotatable bonds is 3. The molecule has 0 aliphatic carbocycles. The molecule has 0 bridgehead atoms. The van der Waals surface area contributed by atoms with Crippen LogP contribution < -0.4 is 5.32 Å². The first-order valence-corrected chi connectivity index (χ1v) is 5.95. The van der Waals surface area contributed by atoms with Crippen molar-refractivity contribution in [3.8, 4) is 0 Å². The van der Waals surface area contributed by atoms with Gasteiger partial charge in [0, 0.05) is 32.2 Å². The minimum atomic E-state index is 0.0967. The molecular formula is C11H23N3O. The van der Waals surface area contributed by atoms with E-state index in [2.05, 4.69) is 31.0 Å². The zero-order valence-electron chi connectivity index (χ0n) is 10.1. The van der Waals surface area contributed by atoms with Crippen LogP contribution in [-0.4, -0.2) is 54.6 Å². The van der Waals surface area contributed by atoms with Gasteiger partial charge in [-0.25, -0.2) is 4.79 Å². The largest absolute Gasteiger partial charge is 0.338 e. The number of carbonyl (C=O) groups excluding carboxylic acids is 1. The molecule has 1 fully saturated rings. The number of nitrogens with zero attached hydrogens (tertiary/aromatic N) is 2. The zero-order chi connectivity index (χ0) is 11.3. The van der Waals surface area contributed by atoms with Crippen molar-refractivity contribution in [2.45, 2.75) is 33.2 Å². The minimum absolute atomic E-state index is 0.0967. The van der Waals surface area contributed by atoms with E-state index in [0.29, 0.717) is 6.04 Å². The zero-order valence-corrected chi connectivity index (χ0v) is 10.1. The van der Waals surface area contributed by atoms with Crippen molar-refractivity contribution in [3.05, 3.63) is 0 Å². The number of amides is 2. The fraction of sp³-hybridized carbons (Fsp3) is 0.909. The molecule has 0 aromatic rings. The number of hydrogen-bond acceptors (Lipinski definition) is 2. The maximum Gasteiger partial charge on any atom is 0.317 e. The van der Waals surface area contributed by atoms with Crippen molar-refractivity contribution >= 4 is 6.03 Å². The molecule has 1 aliphatic rings. The molecule has 4 nitrogen and oxygen atoms in total. The predicted molar refractivity (Wildman–Crippen MR) is 62.0 cm³/mol. The Morgan fingerprint density at radius 3 is 2.67 bits per heavy atom. The Bertz CT molecular complexity index is 208. The molecule has 0 saturated carbocycles. The average molecular weight is 213 g/mol. The van der Waals surface area contributed by atoms with Gasteiger partial charge in [-0.15, -0.1) is 0 Å². The Balaban J connectivity index is 2.36. The average Bonchev–Trinajstić information content (AvgIpc) is 2.25. The van der Waals surface area contributed by atoms with E-state index in [1.807, 2.05) is 4.90 Å². The maximum atomic E-state index is 11.7. The molecule has 1 heterocycles. The number of carbonyl (C=O) groups is 1. The topological polar surface area (TPSA) is 35.6 Å². The molecule has 2 amide bonds. The highest BCUT2D eigenvalue weighted by molar-refractivity contribution is 5.74. The first kappa shape index (κ1) is 12.3. The number of nitrogens with one attached hydrogen (secondary N) is 1. The van der Waals surface area contributed by atoms with Gasteiger partial charge in [-0.3, -0.25) is 4.90 Å². The van der Waals surface area contributed by atoms with Crippen LogP contribution in [0.15, 0.2) is 0 Å². The summed E-state index contributed by atoms with van der Waals surface area (Å²) >= 11 is 0. The van der Waals surface area contributed by atoms with Crippen LogP contribution in [0, 0.1) is 0 Å². The van der Waals surface area contributed by atoms with Crippen LogP contribution in [0.25, 0.3) is 0 Å². The van der Waals surface area contributed by atoms with Crippen molar-refractivity contribution in [1.29, 1.82) is 0 Å². The smallest absolute Gasteiger partial charge is 0.317 e. The lowest BCUT2D eigenvalue weighted by Crippen LogP contribution is -2.55. The molecule has 0 aromatic carbocycles. The van der Waals surface area contributed by atoms with Crippen LogP contribution in [0.4, 0.5) is 4.79 Å². The quantitative estimate of drug-likeness (QED) is 0.763. The Labute approximate surface area is 92.6 Å². The molecule has 4 heteroatoms. The third-order valence-corrected chi connectivity index (χ3v) is 2.98. The van der Waals surface area contributed by atoms with E-state index in [1.165, 1.54) is 0 Å². The Morgan fingerprint density at radius 1 is 1.40 bits per heavy atom. The van der Waals surface area contributed by atoms with Crippen LogP contribution in [0.1, 0.15) is 27.2 Å². The van der Waals surface area contributed by atoms with Crippen molar-refractivity contribution in [3.63, 3.8) is 0 Å². The second-order valence-corrected chi connectivity index (χ2v) is 4.16. The lowest BCUT2D eigenvalue weighted by molar-refractivity contribution is 0.102. The minimum Gasteiger partial charge on any atom is -0.338 e. The lowest BCUT2D eigenvalue weighted by atomic mass is 10.2. The summed E-state index contributed by atoms with van der Waals surface area (Å²) in [5.41, 5.74) is 0. The van der Waals surface area contributed by atoms with Gasteiger partial charge in [-0.1, -0.05) is 13.8 Å². The number of hydrogen-bond donors (Lipinski definition) is 1. The van der Waals surface area contributed by atoms with Gasteiger partial charge in [-0.05, 0) is 19.9 Å². The van der Waals surface area contributed by atoms with E-state index < -0.39 is 0 Å². The van der Waals surface area contributed by atoms with Gasteiger partial charge < -0.3 is 10.2 Å². The summed E-state index contributed by atoms with van der Waals surface area (Å²) < 4.78 is 0. The summed E-state index contributed by atoms with van der Waals surface area (Å²) in [6.07, 6.45) is 0.996. The van der Waals surface area contributed by atoms with Gasteiger partial charge in [0.25, 0.3) is 0 Å². The molecule has 1 aliphatic heterocycles. The van der Waals surface area contributed by atoms with Crippen molar-refractivity contribution in [2.75, 3.05) is 32.7 Å². The molecule has 1 saturated heterocycles. The normalized spacial score (nSPS) is 22.9. The molecule has 88 valence electrons. The molecule has 0 radical (unpaired) electrons. The third-order valence-electron chi connectivity index (χ3n) is 2.98. The van der Waals surface area contributed by atoms with Crippen LogP contribution in [0.5, 0.6) is 0 Å². The van der Waals surface area contributed by atoms with Gasteiger partial charge in [0.1, 0.15) is 0 Å². The monoisotopic (exact) mass is 213 g/mol. The highest BCUT2D eigenvalue weighted by Gasteiger charge is 2.24. The van der Waals surface area contributed by atoms with E-state index >= 15 is 0 Å². The molecule has 1 unspecified atom stereocenters. The first-order valence-electron chi connectivity index (χ1n) is 5.95. The van der Waals surface area contributed by atoms with E-state index in [9.17, 15) is 4.79 Å². The summed E-state index contributed by atoms with van der Waals surface area (Å²) in [5.74, 6) is 0. The summed E-state index contributed by atoms with van der Waals surface area (Å²) in [6, 6.07) is 0.579. The van der Waals surface area contributed by atoms with Crippen LogP contribution in [-0.2, 0) is 0 Å². The predicted octanol–water partition coefficient (Wildman–Crippen LogP) is 1.13. The van der Waals surface area contributed by atoms with Crippen LogP contribution in [0.2, 0.25) is 0 Å². The first-order chi connectivity index (χ1) is 7.19. The highest BCUT2D eigenvalue weighted by Crippen LogP contribution is 2.08. The SMILES string of the molecule is CCCNC(=O)N1CCN(CC)C(C)C1. The number of piperazine rings is 1. The maximum absolute atomic E-state index is 11.7. The van der Waals surface area contributed by atoms with Gasteiger partial charge in [-0.2, -0.15) is 0 Å². The van der Waals surface area contributed by atoms with Gasteiger partial charge >= 0.3 is 6.03 Å². The molecule has 0 spiro atoms. The van der Waals surface area contributed by atoms with Gasteiger partial charge in [0.05, 0.1) is 0 Å². The second-order valence-electron chi connectivity index (χ2n) is 4.16. The summed E-state index contributed by atoms with van der Waals surface area (Å²) in [7, 11) is 0. The number of likely N-dealkylation sites (N-methyl/N-ethyl adjacent to an activating group) is 1. The van der Waals surface area contributed by atoms with Crippen molar-refractivity contribution in [2.24, 2.45) is 0 Å². The molecule has 0 aromatic heterocycles. The van der Waals surface area contributed by atoms with Crippen LogP contribution in [0.3, 0.4) is 0 Å². The number of urea groups is 1. The van der Waals surface area contributed by atoms with E-state index in [4.69, 9.17) is 0 Å². The van der Waals surface area contributed by atoms with Crippen molar-refractivity contribution in [1.82, 2.24) is 15.1 Å². The molecule has 1 rings (SSSR count). The lowest BCUT2D eigenvalue weighted by Gasteiger charge is -2.39. The molecule has 1 N–H and O–H groups in total. The summed E-state index contributed by atoms with van der Waals surface area (Å²) in [6.45, 7) is 11.0.